The summed E-state index contributed by atoms with van der Waals surface area (Å²) in [4.78, 5) is 18.0. The maximum absolute atomic E-state index is 11.6. The molecule has 1 atom stereocenters. The molecule has 0 spiro atoms. The molecule has 18 heavy (non-hydrogen) atoms. The van der Waals surface area contributed by atoms with E-state index in [0.717, 1.165) is 38.2 Å². The number of carbonyl (C=O) groups is 1. The van der Waals surface area contributed by atoms with E-state index in [4.69, 9.17) is 0 Å². The van der Waals surface area contributed by atoms with Gasteiger partial charge in [0.15, 0.2) is 0 Å². The van der Waals surface area contributed by atoms with Gasteiger partial charge in [-0.3, -0.25) is 4.79 Å². The van der Waals surface area contributed by atoms with Crippen molar-refractivity contribution in [2.24, 2.45) is 12.5 Å². The molecule has 1 aromatic heterocycles. The van der Waals surface area contributed by atoms with Crippen LogP contribution in [0.1, 0.15) is 32.6 Å². The van der Waals surface area contributed by atoms with Crippen molar-refractivity contribution in [3.63, 3.8) is 0 Å². The Bertz CT molecular complexity index is 426. The van der Waals surface area contributed by atoms with Gasteiger partial charge in [0.2, 0.25) is 5.95 Å². The third-order valence-corrected chi connectivity index (χ3v) is 3.84. The normalized spacial score (nSPS) is 24.2. The van der Waals surface area contributed by atoms with E-state index in [-0.39, 0.29) is 0 Å². The van der Waals surface area contributed by atoms with Gasteiger partial charge < -0.3 is 14.6 Å². The lowest BCUT2D eigenvalue weighted by molar-refractivity contribution is -0.150. The zero-order chi connectivity index (χ0) is 13.2. The van der Waals surface area contributed by atoms with E-state index in [0.29, 0.717) is 6.54 Å². The molecular weight excluding hydrogens is 230 g/mol. The van der Waals surface area contributed by atoms with Gasteiger partial charge in [-0.2, -0.15) is 0 Å². The Morgan fingerprint density at radius 2 is 2.39 bits per heavy atom. The minimum Gasteiger partial charge on any atom is -0.481 e. The summed E-state index contributed by atoms with van der Waals surface area (Å²) in [5.41, 5.74) is -0.598. The van der Waals surface area contributed by atoms with Crippen molar-refractivity contribution < 1.29 is 9.90 Å². The van der Waals surface area contributed by atoms with Crippen LogP contribution in [-0.2, 0) is 11.8 Å². The second-order valence-electron chi connectivity index (χ2n) is 5.20. The summed E-state index contributed by atoms with van der Waals surface area (Å²) in [6.07, 6.45) is 6.98. The highest BCUT2D eigenvalue weighted by molar-refractivity contribution is 5.75. The Morgan fingerprint density at radius 1 is 1.61 bits per heavy atom. The molecular formula is C13H21N3O2. The molecule has 0 radical (unpaired) electrons. The summed E-state index contributed by atoms with van der Waals surface area (Å²) in [6.45, 7) is 3.51. The number of nitrogens with zero attached hydrogens (tertiary/aromatic N) is 3. The molecule has 1 saturated heterocycles. The van der Waals surface area contributed by atoms with Crippen molar-refractivity contribution in [1.82, 2.24) is 9.55 Å². The third kappa shape index (κ3) is 2.21. The van der Waals surface area contributed by atoms with E-state index in [1.54, 1.807) is 6.20 Å². The molecule has 0 bridgehead atoms. The molecule has 5 heteroatoms. The maximum Gasteiger partial charge on any atom is 0.311 e. The van der Waals surface area contributed by atoms with Gasteiger partial charge in [0.1, 0.15) is 0 Å². The van der Waals surface area contributed by atoms with Crippen LogP contribution < -0.4 is 4.90 Å². The highest BCUT2D eigenvalue weighted by Gasteiger charge is 2.42. The summed E-state index contributed by atoms with van der Waals surface area (Å²) in [5, 5.41) is 9.55. The van der Waals surface area contributed by atoms with Gasteiger partial charge in [0, 0.05) is 32.5 Å². The number of anilines is 1. The number of aromatic nitrogens is 2. The first kappa shape index (κ1) is 12.9. The Hall–Kier alpha value is -1.52. The van der Waals surface area contributed by atoms with Crippen LogP contribution in [0, 0.1) is 5.41 Å². The summed E-state index contributed by atoms with van der Waals surface area (Å²) < 4.78 is 1.95. The van der Waals surface area contributed by atoms with E-state index in [1.807, 2.05) is 24.7 Å². The molecule has 0 aromatic carbocycles. The van der Waals surface area contributed by atoms with E-state index < -0.39 is 11.4 Å². The van der Waals surface area contributed by atoms with Gasteiger partial charge in [-0.1, -0.05) is 13.3 Å². The average Bonchev–Trinajstić information content (AvgIpc) is 2.76. The molecule has 0 amide bonds. The molecule has 2 heterocycles. The first-order chi connectivity index (χ1) is 8.59. The minimum atomic E-state index is -0.664. The van der Waals surface area contributed by atoms with Crippen LogP contribution in [0.5, 0.6) is 0 Å². The fraction of sp³-hybridized carbons (Fsp3) is 0.692. The fourth-order valence-electron chi connectivity index (χ4n) is 2.93. The quantitative estimate of drug-likeness (QED) is 0.887. The monoisotopic (exact) mass is 251 g/mol. The van der Waals surface area contributed by atoms with E-state index in [2.05, 4.69) is 9.88 Å². The molecule has 1 aromatic rings. The lowest BCUT2D eigenvalue weighted by Crippen LogP contribution is -2.48. The number of carboxylic acids is 1. The van der Waals surface area contributed by atoms with E-state index >= 15 is 0 Å². The highest BCUT2D eigenvalue weighted by atomic mass is 16.4. The number of aryl methyl sites for hydroxylation is 1. The number of hydrogen-bond donors (Lipinski definition) is 1. The molecule has 0 saturated carbocycles. The predicted molar refractivity (Wildman–Crippen MR) is 69.6 cm³/mol. The zero-order valence-corrected chi connectivity index (χ0v) is 11.1. The summed E-state index contributed by atoms with van der Waals surface area (Å²) in [6, 6.07) is 0. The van der Waals surface area contributed by atoms with Crippen LogP contribution in [0.3, 0.4) is 0 Å². The zero-order valence-electron chi connectivity index (χ0n) is 11.1. The smallest absolute Gasteiger partial charge is 0.311 e. The SMILES string of the molecule is CCCC1(C(=O)O)CCCN(c2nccn2C)C1. The van der Waals surface area contributed by atoms with Crippen LogP contribution in [0.15, 0.2) is 12.4 Å². The van der Waals surface area contributed by atoms with Crippen LogP contribution >= 0.6 is 0 Å². The molecule has 1 unspecified atom stereocenters. The molecule has 5 nitrogen and oxygen atoms in total. The second-order valence-corrected chi connectivity index (χ2v) is 5.20. The number of aliphatic carboxylic acids is 1. The van der Waals surface area contributed by atoms with E-state index in [9.17, 15) is 9.90 Å². The van der Waals surface area contributed by atoms with Crippen LogP contribution in [0.4, 0.5) is 5.95 Å². The van der Waals surface area contributed by atoms with Crippen molar-refractivity contribution >= 4 is 11.9 Å². The predicted octanol–water partition coefficient (Wildman–Crippen LogP) is 1.89. The molecule has 1 aliphatic heterocycles. The number of hydrogen-bond acceptors (Lipinski definition) is 3. The molecule has 100 valence electrons. The van der Waals surface area contributed by atoms with Crippen LogP contribution in [0.2, 0.25) is 0 Å². The second kappa shape index (κ2) is 5.00. The van der Waals surface area contributed by atoms with Gasteiger partial charge in [0.05, 0.1) is 5.41 Å². The maximum atomic E-state index is 11.6. The van der Waals surface area contributed by atoms with Crippen molar-refractivity contribution in [2.75, 3.05) is 18.0 Å². The van der Waals surface area contributed by atoms with Gasteiger partial charge in [0.25, 0.3) is 0 Å². The van der Waals surface area contributed by atoms with Gasteiger partial charge in [-0.15, -0.1) is 0 Å². The first-order valence-electron chi connectivity index (χ1n) is 6.55. The van der Waals surface area contributed by atoms with Crippen molar-refractivity contribution in [2.45, 2.75) is 32.6 Å². The lowest BCUT2D eigenvalue weighted by Gasteiger charge is -2.40. The lowest BCUT2D eigenvalue weighted by atomic mass is 9.76. The molecule has 0 aliphatic carbocycles. The number of carboxylic acid groups (broad SMARTS) is 1. The number of piperidine rings is 1. The largest absolute Gasteiger partial charge is 0.481 e. The summed E-state index contributed by atoms with van der Waals surface area (Å²) in [5.74, 6) is 0.208. The standard InChI is InChI=1S/C13H21N3O2/c1-3-5-13(11(17)18)6-4-8-16(10-13)12-14-7-9-15(12)2/h7,9H,3-6,8,10H2,1-2H3,(H,17,18). The van der Waals surface area contributed by atoms with Gasteiger partial charge in [-0.05, 0) is 19.3 Å². The highest BCUT2D eigenvalue weighted by Crippen LogP contribution is 2.36. The Labute approximate surface area is 107 Å². The third-order valence-electron chi connectivity index (χ3n) is 3.84. The van der Waals surface area contributed by atoms with Crippen molar-refractivity contribution in [3.05, 3.63) is 12.4 Å². The first-order valence-corrected chi connectivity index (χ1v) is 6.55. The van der Waals surface area contributed by atoms with Gasteiger partial charge in [-0.25, -0.2) is 4.98 Å². The molecule has 1 aliphatic rings. The van der Waals surface area contributed by atoms with Crippen molar-refractivity contribution in [3.8, 4) is 0 Å². The molecule has 1 N–H and O–H groups in total. The average molecular weight is 251 g/mol. The van der Waals surface area contributed by atoms with Crippen molar-refractivity contribution in [1.29, 1.82) is 0 Å². The van der Waals surface area contributed by atoms with E-state index in [1.165, 1.54) is 0 Å². The molecule has 1 fully saturated rings. The molecule has 2 rings (SSSR count). The minimum absolute atomic E-state index is 0.570. The fourth-order valence-corrected chi connectivity index (χ4v) is 2.93. The van der Waals surface area contributed by atoms with Crippen LogP contribution in [0.25, 0.3) is 0 Å². The topological polar surface area (TPSA) is 58.4 Å². The Balaban J connectivity index is 2.21. The number of imidazole rings is 1. The summed E-state index contributed by atoms with van der Waals surface area (Å²) in [7, 11) is 1.94. The van der Waals surface area contributed by atoms with Crippen LogP contribution in [-0.4, -0.2) is 33.7 Å². The summed E-state index contributed by atoms with van der Waals surface area (Å²) >= 11 is 0. The van der Waals surface area contributed by atoms with Gasteiger partial charge >= 0.3 is 5.97 Å². The Morgan fingerprint density at radius 3 is 2.94 bits per heavy atom. The number of rotatable bonds is 4. The Kier molecular flexibility index (Phi) is 3.59.